The number of halogens is 3. The van der Waals surface area contributed by atoms with E-state index in [0.29, 0.717) is 18.6 Å². The summed E-state index contributed by atoms with van der Waals surface area (Å²) in [5.41, 5.74) is -0.303. The lowest BCUT2D eigenvalue weighted by atomic mass is 9.74. The first kappa shape index (κ1) is 20.5. The zero-order chi connectivity index (χ0) is 17.6. The summed E-state index contributed by atoms with van der Waals surface area (Å²) < 4.78 is 33.2. The molecule has 0 saturated carbocycles. The summed E-state index contributed by atoms with van der Waals surface area (Å²) in [6, 6.07) is 0. The normalized spacial score (nSPS) is 24.2. The van der Waals surface area contributed by atoms with Gasteiger partial charge in [0.05, 0.1) is 16.1 Å². The molecule has 1 rings (SSSR count). The molecule has 128 valence electrons. The van der Waals surface area contributed by atoms with Gasteiger partial charge in [-0.05, 0) is 31.9 Å². The van der Waals surface area contributed by atoms with Gasteiger partial charge in [0, 0.05) is 11.9 Å². The van der Waals surface area contributed by atoms with Crippen molar-refractivity contribution in [2.24, 2.45) is 0 Å². The van der Waals surface area contributed by atoms with E-state index >= 15 is 0 Å². The topological polar surface area (TPSA) is 49.7 Å². The van der Waals surface area contributed by atoms with E-state index in [-0.39, 0.29) is 21.6 Å². The molecule has 23 heavy (non-hydrogen) atoms. The lowest BCUT2D eigenvalue weighted by Gasteiger charge is -2.30. The van der Waals surface area contributed by atoms with Crippen LogP contribution in [0.4, 0.5) is 8.78 Å². The molecule has 2 atom stereocenters. The minimum absolute atomic E-state index is 0.0628. The Balaban J connectivity index is 2.59. The van der Waals surface area contributed by atoms with Crippen molar-refractivity contribution in [2.75, 3.05) is 6.61 Å². The van der Waals surface area contributed by atoms with Crippen LogP contribution in [0.1, 0.15) is 33.6 Å². The Labute approximate surface area is 150 Å². The van der Waals surface area contributed by atoms with Gasteiger partial charge in [0.25, 0.3) is 0 Å². The monoisotopic (exact) mass is 438 g/mol. The molecule has 2 N–H and O–H groups in total. The summed E-state index contributed by atoms with van der Waals surface area (Å²) in [5, 5.41) is 18.1. The molecule has 0 aromatic heterocycles. The smallest absolute Gasteiger partial charge is 0.423 e. The van der Waals surface area contributed by atoms with Crippen LogP contribution in [0.3, 0.4) is 0 Å². The van der Waals surface area contributed by atoms with Crippen LogP contribution >= 0.6 is 22.6 Å². The van der Waals surface area contributed by atoms with E-state index in [1.165, 1.54) is 12.2 Å². The van der Waals surface area contributed by atoms with E-state index in [9.17, 15) is 8.78 Å². The molecular weight excluding hydrogens is 416 g/mol. The highest BCUT2D eigenvalue weighted by molar-refractivity contribution is 14.1. The van der Waals surface area contributed by atoms with Gasteiger partial charge in [0.15, 0.2) is 0 Å². The average molecular weight is 438 g/mol. The Morgan fingerprint density at radius 1 is 1.57 bits per heavy atom. The molecule has 0 heterocycles. The van der Waals surface area contributed by atoms with Crippen molar-refractivity contribution in [2.45, 2.75) is 43.1 Å². The van der Waals surface area contributed by atoms with Crippen LogP contribution in [0.2, 0.25) is 0 Å². The highest BCUT2D eigenvalue weighted by Gasteiger charge is 2.32. The molecule has 1 aliphatic carbocycles. The summed E-state index contributed by atoms with van der Waals surface area (Å²) in [6.45, 7) is 5.65. The zero-order valence-electron chi connectivity index (χ0n) is 13.5. The SMILES string of the molecule is CC/C(C)=C(F)\C=C/C(I)COC1(C)C=CC(B(O)O)=C(F)C1. The average Bonchev–Trinajstić information content (AvgIpc) is 2.49. The summed E-state index contributed by atoms with van der Waals surface area (Å²) in [4.78, 5) is 0. The van der Waals surface area contributed by atoms with Gasteiger partial charge in [0.1, 0.15) is 11.7 Å². The van der Waals surface area contributed by atoms with Gasteiger partial charge < -0.3 is 14.8 Å². The van der Waals surface area contributed by atoms with Gasteiger partial charge in [-0.3, -0.25) is 0 Å². The number of rotatable bonds is 7. The Morgan fingerprint density at radius 2 is 2.22 bits per heavy atom. The molecule has 0 spiro atoms. The van der Waals surface area contributed by atoms with E-state index in [1.54, 1.807) is 26.0 Å². The Bertz CT molecular complexity index is 543. The van der Waals surface area contributed by atoms with Crippen LogP contribution in [0.25, 0.3) is 0 Å². The largest absolute Gasteiger partial charge is 0.491 e. The highest BCUT2D eigenvalue weighted by atomic mass is 127. The number of alkyl halides is 1. The maximum atomic E-state index is 13.9. The Kier molecular flexibility index (Phi) is 8.13. The van der Waals surface area contributed by atoms with E-state index in [0.717, 1.165) is 0 Å². The first-order chi connectivity index (χ1) is 10.7. The van der Waals surface area contributed by atoms with Crippen LogP contribution in [0.5, 0.6) is 0 Å². The van der Waals surface area contributed by atoms with Crippen molar-refractivity contribution in [3.63, 3.8) is 0 Å². The molecule has 0 aliphatic heterocycles. The predicted molar refractivity (Wildman–Crippen MR) is 97.5 cm³/mol. The van der Waals surface area contributed by atoms with Crippen LogP contribution in [-0.4, -0.2) is 33.3 Å². The summed E-state index contributed by atoms with van der Waals surface area (Å²) in [5.74, 6) is -0.841. The molecule has 1 aliphatic rings. The van der Waals surface area contributed by atoms with Crippen LogP contribution in [-0.2, 0) is 4.74 Å². The second kappa shape index (κ2) is 9.10. The summed E-state index contributed by atoms with van der Waals surface area (Å²) >= 11 is 2.12. The van der Waals surface area contributed by atoms with Gasteiger partial charge in [-0.1, -0.05) is 47.7 Å². The molecule has 0 fully saturated rings. The lowest BCUT2D eigenvalue weighted by molar-refractivity contribution is 0.00683. The molecule has 0 saturated heterocycles. The predicted octanol–water partition coefficient (Wildman–Crippen LogP) is 3.97. The fourth-order valence-electron chi connectivity index (χ4n) is 1.98. The van der Waals surface area contributed by atoms with Gasteiger partial charge >= 0.3 is 7.12 Å². The first-order valence-electron chi connectivity index (χ1n) is 7.44. The van der Waals surface area contributed by atoms with Gasteiger partial charge in [-0.25, -0.2) is 8.78 Å². The van der Waals surface area contributed by atoms with Crippen molar-refractivity contribution in [1.82, 2.24) is 0 Å². The Hall–Kier alpha value is -0.505. The third-order valence-electron chi connectivity index (χ3n) is 3.67. The first-order valence-corrected chi connectivity index (χ1v) is 8.68. The van der Waals surface area contributed by atoms with Gasteiger partial charge in [0.2, 0.25) is 0 Å². The fraction of sp³-hybridized carbons (Fsp3) is 0.500. The molecule has 0 amide bonds. The van der Waals surface area contributed by atoms with E-state index in [1.807, 2.05) is 6.92 Å². The van der Waals surface area contributed by atoms with Crippen molar-refractivity contribution >= 4 is 29.7 Å². The quantitative estimate of drug-likeness (QED) is 0.274. The minimum atomic E-state index is -1.83. The molecule has 0 bridgehead atoms. The lowest BCUT2D eigenvalue weighted by Crippen LogP contribution is -2.32. The van der Waals surface area contributed by atoms with E-state index in [4.69, 9.17) is 14.8 Å². The number of allylic oxidation sites excluding steroid dienone is 5. The molecule has 0 radical (unpaired) electrons. The van der Waals surface area contributed by atoms with Crippen LogP contribution in [0, 0.1) is 0 Å². The zero-order valence-corrected chi connectivity index (χ0v) is 15.7. The molecule has 0 aromatic rings. The second-order valence-electron chi connectivity index (χ2n) is 5.72. The standard InChI is InChI=1S/C16H22BF2IO3/c1-4-11(2)14(18)6-5-12(20)10-23-16(3)8-7-13(17(21)22)15(19)9-16/h5-8,12,21-22H,4,9-10H2,1-3H3/b6-5-,14-11+. The number of hydrogen-bond donors (Lipinski definition) is 2. The van der Waals surface area contributed by atoms with Crippen molar-refractivity contribution < 1.29 is 23.6 Å². The number of ether oxygens (including phenoxy) is 1. The maximum absolute atomic E-state index is 13.9. The maximum Gasteiger partial charge on any atom is 0.491 e. The van der Waals surface area contributed by atoms with Crippen molar-refractivity contribution in [3.8, 4) is 0 Å². The van der Waals surface area contributed by atoms with Crippen LogP contribution in [0.15, 0.2) is 47.0 Å². The van der Waals surface area contributed by atoms with E-state index in [2.05, 4.69) is 22.6 Å². The van der Waals surface area contributed by atoms with Gasteiger partial charge in [-0.15, -0.1) is 0 Å². The fourth-order valence-corrected chi connectivity index (χ4v) is 2.36. The van der Waals surface area contributed by atoms with Crippen molar-refractivity contribution in [3.05, 3.63) is 47.0 Å². The summed E-state index contributed by atoms with van der Waals surface area (Å²) in [7, 11) is -1.83. The third kappa shape index (κ3) is 6.48. The molecule has 3 nitrogen and oxygen atoms in total. The summed E-state index contributed by atoms with van der Waals surface area (Å²) in [6.07, 6.45) is 6.67. The van der Waals surface area contributed by atoms with Gasteiger partial charge in [-0.2, -0.15) is 0 Å². The second-order valence-corrected chi connectivity index (χ2v) is 7.32. The molecular formula is C16H22BF2IO3. The molecule has 0 aromatic carbocycles. The molecule has 2 unspecified atom stereocenters. The van der Waals surface area contributed by atoms with Crippen LogP contribution < -0.4 is 0 Å². The van der Waals surface area contributed by atoms with E-state index < -0.39 is 18.5 Å². The minimum Gasteiger partial charge on any atom is -0.423 e. The highest BCUT2D eigenvalue weighted by Crippen LogP contribution is 2.31. The molecule has 7 heteroatoms. The number of hydrogen-bond acceptors (Lipinski definition) is 3. The third-order valence-corrected chi connectivity index (χ3v) is 4.45. The van der Waals surface area contributed by atoms with Crippen molar-refractivity contribution in [1.29, 1.82) is 0 Å². The Morgan fingerprint density at radius 3 is 2.74 bits per heavy atom.